The lowest BCUT2D eigenvalue weighted by Gasteiger charge is -2.23. The number of halogens is 1. The lowest BCUT2D eigenvalue weighted by molar-refractivity contribution is 0.354. The average molecular weight is 367 g/mol. The van der Waals surface area contributed by atoms with E-state index in [0.717, 1.165) is 41.5 Å². The number of hydrogen-bond donors (Lipinski definition) is 1. The maximum absolute atomic E-state index is 13.2. The summed E-state index contributed by atoms with van der Waals surface area (Å²) in [5.41, 5.74) is 4.38. The van der Waals surface area contributed by atoms with Crippen LogP contribution in [0.5, 0.6) is 11.5 Å². The van der Waals surface area contributed by atoms with Gasteiger partial charge in [-0.1, -0.05) is 12.1 Å². The van der Waals surface area contributed by atoms with Gasteiger partial charge in [-0.25, -0.2) is 9.37 Å². The van der Waals surface area contributed by atoms with Crippen molar-refractivity contribution >= 4 is 5.95 Å². The van der Waals surface area contributed by atoms with Crippen molar-refractivity contribution in [2.75, 3.05) is 19.5 Å². The molecule has 1 atom stereocenters. The Balaban J connectivity index is 1.65. The van der Waals surface area contributed by atoms with E-state index in [2.05, 4.69) is 14.9 Å². The first-order valence-electron chi connectivity index (χ1n) is 8.93. The lowest BCUT2D eigenvalue weighted by atomic mass is 9.98. The lowest BCUT2D eigenvalue weighted by Crippen LogP contribution is -2.16. The summed E-state index contributed by atoms with van der Waals surface area (Å²) in [6.07, 6.45) is 2.77. The van der Waals surface area contributed by atoms with Crippen molar-refractivity contribution in [1.29, 1.82) is 0 Å². The number of methoxy groups -OCH3 is 2. The zero-order valence-electron chi connectivity index (χ0n) is 15.6. The van der Waals surface area contributed by atoms with Crippen molar-refractivity contribution in [3.8, 4) is 22.8 Å². The predicted molar refractivity (Wildman–Crippen MR) is 103 cm³/mol. The number of aromatic nitrogens is 2. The number of imidazole rings is 1. The Bertz CT molecular complexity index is 966. The Morgan fingerprint density at radius 3 is 2.52 bits per heavy atom. The highest BCUT2D eigenvalue weighted by atomic mass is 19.1. The quantitative estimate of drug-likeness (QED) is 0.724. The minimum atomic E-state index is -0.231. The van der Waals surface area contributed by atoms with E-state index in [4.69, 9.17) is 9.47 Å². The van der Waals surface area contributed by atoms with E-state index in [1.165, 1.54) is 17.7 Å². The summed E-state index contributed by atoms with van der Waals surface area (Å²) < 4.78 is 26.2. The van der Waals surface area contributed by atoms with Crippen molar-refractivity contribution in [2.45, 2.75) is 25.9 Å². The fourth-order valence-corrected chi connectivity index (χ4v) is 3.56. The van der Waals surface area contributed by atoms with Gasteiger partial charge in [-0.05, 0) is 48.7 Å². The Kier molecular flexibility index (Phi) is 4.48. The summed E-state index contributed by atoms with van der Waals surface area (Å²) in [4.78, 5) is 4.58. The SMILES string of the molecule is COc1cc2c(cc1OC)-c1cnc(NC(C)c3ccc(F)cc3)n1CC2. The van der Waals surface area contributed by atoms with Crippen LogP contribution in [0, 0.1) is 5.82 Å². The Morgan fingerprint density at radius 2 is 1.81 bits per heavy atom. The van der Waals surface area contributed by atoms with Crippen molar-refractivity contribution in [2.24, 2.45) is 0 Å². The highest BCUT2D eigenvalue weighted by molar-refractivity contribution is 5.71. The molecule has 0 aliphatic carbocycles. The molecule has 0 radical (unpaired) electrons. The van der Waals surface area contributed by atoms with Gasteiger partial charge in [-0.2, -0.15) is 0 Å². The Hall–Kier alpha value is -3.02. The molecule has 0 saturated carbocycles. The van der Waals surface area contributed by atoms with Gasteiger partial charge in [0.05, 0.1) is 32.2 Å². The van der Waals surface area contributed by atoms with Crippen LogP contribution in [0.25, 0.3) is 11.3 Å². The molecule has 4 rings (SSSR count). The van der Waals surface area contributed by atoms with Gasteiger partial charge in [-0.3, -0.25) is 0 Å². The molecule has 140 valence electrons. The van der Waals surface area contributed by atoms with Crippen molar-refractivity contribution in [3.63, 3.8) is 0 Å². The summed E-state index contributed by atoms with van der Waals surface area (Å²) in [6.45, 7) is 2.87. The molecule has 0 saturated heterocycles. The Labute approximate surface area is 157 Å². The topological polar surface area (TPSA) is 48.3 Å². The number of hydrogen-bond acceptors (Lipinski definition) is 4. The first kappa shape index (κ1) is 17.4. The molecule has 2 aromatic carbocycles. The third kappa shape index (κ3) is 3.12. The third-order valence-corrected chi connectivity index (χ3v) is 5.06. The zero-order valence-corrected chi connectivity index (χ0v) is 15.6. The van der Waals surface area contributed by atoms with Crippen LogP contribution in [0.2, 0.25) is 0 Å². The second-order valence-electron chi connectivity index (χ2n) is 6.65. The van der Waals surface area contributed by atoms with Gasteiger partial charge >= 0.3 is 0 Å². The molecular weight excluding hydrogens is 345 g/mol. The van der Waals surface area contributed by atoms with Gasteiger partial charge in [-0.15, -0.1) is 0 Å². The van der Waals surface area contributed by atoms with Gasteiger partial charge in [0.15, 0.2) is 11.5 Å². The molecule has 6 heteroatoms. The van der Waals surface area contributed by atoms with E-state index >= 15 is 0 Å². The van der Waals surface area contributed by atoms with Crippen molar-refractivity contribution < 1.29 is 13.9 Å². The van der Waals surface area contributed by atoms with Crippen LogP contribution < -0.4 is 14.8 Å². The molecule has 2 heterocycles. The maximum Gasteiger partial charge on any atom is 0.203 e. The molecule has 0 fully saturated rings. The smallest absolute Gasteiger partial charge is 0.203 e. The summed E-state index contributed by atoms with van der Waals surface area (Å²) in [6, 6.07) is 10.6. The molecule has 0 amide bonds. The molecule has 27 heavy (non-hydrogen) atoms. The molecule has 0 bridgehead atoms. The summed E-state index contributed by atoms with van der Waals surface area (Å²) in [5.74, 6) is 2.03. The average Bonchev–Trinajstić information content (AvgIpc) is 3.10. The summed E-state index contributed by atoms with van der Waals surface area (Å²) in [5, 5.41) is 3.44. The van der Waals surface area contributed by atoms with Crippen LogP contribution in [-0.4, -0.2) is 23.8 Å². The number of rotatable bonds is 5. The molecule has 1 unspecified atom stereocenters. The van der Waals surface area contributed by atoms with E-state index in [1.807, 2.05) is 25.3 Å². The molecule has 1 aliphatic rings. The molecule has 5 nitrogen and oxygen atoms in total. The minimum Gasteiger partial charge on any atom is -0.493 e. The number of benzene rings is 2. The van der Waals surface area contributed by atoms with E-state index < -0.39 is 0 Å². The van der Waals surface area contributed by atoms with Crippen LogP contribution in [0.15, 0.2) is 42.6 Å². The molecule has 3 aromatic rings. The van der Waals surface area contributed by atoms with Crippen LogP contribution in [0.3, 0.4) is 0 Å². The molecule has 1 aromatic heterocycles. The zero-order chi connectivity index (χ0) is 19.0. The second kappa shape index (κ2) is 6.95. The second-order valence-corrected chi connectivity index (χ2v) is 6.65. The first-order chi connectivity index (χ1) is 13.1. The predicted octanol–water partition coefficient (Wildman–Crippen LogP) is 4.44. The standard InChI is InChI=1S/C21H22FN3O2/c1-13(14-4-6-16(22)7-5-14)24-21-23-12-18-17-11-20(27-3)19(26-2)10-15(17)8-9-25(18)21/h4-7,10-13H,8-9H2,1-3H3,(H,23,24). The fraction of sp³-hybridized carbons (Fsp3) is 0.286. The summed E-state index contributed by atoms with van der Waals surface area (Å²) >= 11 is 0. The number of anilines is 1. The van der Waals surface area contributed by atoms with E-state index in [9.17, 15) is 4.39 Å². The van der Waals surface area contributed by atoms with E-state index in [0.29, 0.717) is 5.75 Å². The highest BCUT2D eigenvalue weighted by Crippen LogP contribution is 2.39. The van der Waals surface area contributed by atoms with Crippen LogP contribution in [0.1, 0.15) is 24.1 Å². The van der Waals surface area contributed by atoms with Gasteiger partial charge in [0.1, 0.15) is 5.82 Å². The number of aryl methyl sites for hydroxylation is 1. The summed E-state index contributed by atoms with van der Waals surface area (Å²) in [7, 11) is 3.29. The van der Waals surface area contributed by atoms with E-state index in [1.54, 1.807) is 26.4 Å². The monoisotopic (exact) mass is 367 g/mol. The fourth-order valence-electron chi connectivity index (χ4n) is 3.56. The highest BCUT2D eigenvalue weighted by Gasteiger charge is 2.23. The van der Waals surface area contributed by atoms with Crippen molar-refractivity contribution in [3.05, 3.63) is 59.5 Å². The molecule has 1 aliphatic heterocycles. The van der Waals surface area contributed by atoms with Gasteiger partial charge in [0.2, 0.25) is 5.95 Å². The first-order valence-corrected chi connectivity index (χ1v) is 8.93. The minimum absolute atomic E-state index is 0.0175. The largest absolute Gasteiger partial charge is 0.493 e. The normalized spacial score (nSPS) is 13.5. The molecule has 1 N–H and O–H groups in total. The molecular formula is C21H22FN3O2. The van der Waals surface area contributed by atoms with Gasteiger partial charge in [0.25, 0.3) is 0 Å². The van der Waals surface area contributed by atoms with Gasteiger partial charge in [0, 0.05) is 12.1 Å². The van der Waals surface area contributed by atoms with Crippen LogP contribution in [-0.2, 0) is 13.0 Å². The molecule has 0 spiro atoms. The number of nitrogens with one attached hydrogen (secondary N) is 1. The van der Waals surface area contributed by atoms with Gasteiger partial charge < -0.3 is 19.4 Å². The number of nitrogens with zero attached hydrogens (tertiary/aromatic N) is 2. The number of fused-ring (bicyclic) bond motifs is 3. The third-order valence-electron chi connectivity index (χ3n) is 5.06. The maximum atomic E-state index is 13.2. The number of ether oxygens (including phenoxy) is 2. The Morgan fingerprint density at radius 1 is 1.11 bits per heavy atom. The van der Waals surface area contributed by atoms with Crippen LogP contribution >= 0.6 is 0 Å². The van der Waals surface area contributed by atoms with Crippen LogP contribution in [0.4, 0.5) is 10.3 Å². The van der Waals surface area contributed by atoms with Crippen molar-refractivity contribution in [1.82, 2.24) is 9.55 Å². The van der Waals surface area contributed by atoms with E-state index in [-0.39, 0.29) is 11.9 Å².